The van der Waals surface area contributed by atoms with E-state index < -0.39 is 5.60 Å². The molecule has 1 amide bonds. The van der Waals surface area contributed by atoms with Gasteiger partial charge in [-0.3, -0.25) is 0 Å². The average molecular weight is 282 g/mol. The third kappa shape index (κ3) is 4.37. The topological polar surface area (TPSA) is 55.6 Å². The van der Waals surface area contributed by atoms with Crippen molar-refractivity contribution in [1.29, 1.82) is 0 Å². The summed E-state index contributed by atoms with van der Waals surface area (Å²) in [7, 11) is 0. The summed E-state index contributed by atoms with van der Waals surface area (Å²) < 4.78 is 5.44. The van der Waals surface area contributed by atoms with Crippen LogP contribution in [0, 0.1) is 11.8 Å². The van der Waals surface area contributed by atoms with E-state index in [1.54, 1.807) is 0 Å². The highest BCUT2D eigenvalue weighted by Gasteiger charge is 2.32. The maximum atomic E-state index is 12.0. The van der Waals surface area contributed by atoms with Crippen molar-refractivity contribution < 1.29 is 9.53 Å². The van der Waals surface area contributed by atoms with E-state index in [1.165, 1.54) is 25.7 Å². The lowest BCUT2D eigenvalue weighted by Gasteiger charge is -2.39. The number of hydrogen-bond donors (Lipinski definition) is 1. The van der Waals surface area contributed by atoms with Gasteiger partial charge in [0.2, 0.25) is 0 Å². The SMILES string of the molecule is CC(C)(C)OC(=O)N1CCC([C@@H]2CCC[C@@H](N)C2)CC1. The van der Waals surface area contributed by atoms with Gasteiger partial charge in [0.1, 0.15) is 5.60 Å². The number of carbonyl (C=O) groups is 1. The zero-order valence-corrected chi connectivity index (χ0v) is 13.2. The molecule has 1 heterocycles. The second-order valence-corrected chi connectivity index (χ2v) is 7.49. The van der Waals surface area contributed by atoms with Crippen LogP contribution < -0.4 is 5.73 Å². The van der Waals surface area contributed by atoms with Crippen LogP contribution in [0.2, 0.25) is 0 Å². The predicted molar refractivity (Wildman–Crippen MR) is 80.5 cm³/mol. The van der Waals surface area contributed by atoms with Crippen molar-refractivity contribution in [3.05, 3.63) is 0 Å². The Bertz CT molecular complexity index is 330. The van der Waals surface area contributed by atoms with Gasteiger partial charge in [-0.25, -0.2) is 4.79 Å². The molecule has 2 atom stereocenters. The maximum absolute atomic E-state index is 12.0. The second kappa shape index (κ2) is 6.33. The third-order valence-corrected chi connectivity index (χ3v) is 4.61. The largest absolute Gasteiger partial charge is 0.444 e. The Morgan fingerprint density at radius 2 is 1.75 bits per heavy atom. The molecular weight excluding hydrogens is 252 g/mol. The third-order valence-electron chi connectivity index (χ3n) is 4.61. The van der Waals surface area contributed by atoms with Gasteiger partial charge in [0, 0.05) is 19.1 Å². The van der Waals surface area contributed by atoms with E-state index >= 15 is 0 Å². The molecule has 2 fully saturated rings. The lowest BCUT2D eigenvalue weighted by molar-refractivity contribution is 0.0146. The fourth-order valence-electron chi connectivity index (χ4n) is 3.57. The summed E-state index contributed by atoms with van der Waals surface area (Å²) in [5.74, 6) is 1.53. The fraction of sp³-hybridized carbons (Fsp3) is 0.938. The number of carbonyl (C=O) groups excluding carboxylic acids is 1. The molecule has 1 saturated heterocycles. The summed E-state index contributed by atoms with van der Waals surface area (Å²) in [4.78, 5) is 13.9. The Morgan fingerprint density at radius 3 is 2.30 bits per heavy atom. The summed E-state index contributed by atoms with van der Waals surface area (Å²) >= 11 is 0. The van der Waals surface area contributed by atoms with E-state index in [9.17, 15) is 4.79 Å². The summed E-state index contributed by atoms with van der Waals surface area (Å²) in [6, 6.07) is 0.401. The number of nitrogens with two attached hydrogens (primary N) is 1. The highest BCUT2D eigenvalue weighted by Crippen LogP contribution is 2.35. The first-order chi connectivity index (χ1) is 9.35. The summed E-state index contributed by atoms with van der Waals surface area (Å²) in [6.45, 7) is 7.43. The Morgan fingerprint density at radius 1 is 1.10 bits per heavy atom. The molecule has 4 nitrogen and oxygen atoms in total. The van der Waals surface area contributed by atoms with Crippen molar-refractivity contribution in [1.82, 2.24) is 4.90 Å². The van der Waals surface area contributed by atoms with Crippen molar-refractivity contribution in [2.45, 2.75) is 70.9 Å². The Labute approximate surface area is 123 Å². The molecule has 116 valence electrons. The Hall–Kier alpha value is -0.770. The number of likely N-dealkylation sites (tertiary alicyclic amines) is 1. The lowest BCUT2D eigenvalue weighted by atomic mass is 9.74. The Balaban J connectivity index is 1.78. The average Bonchev–Trinajstić information content (AvgIpc) is 2.37. The van der Waals surface area contributed by atoms with Crippen LogP contribution in [0.15, 0.2) is 0 Å². The highest BCUT2D eigenvalue weighted by molar-refractivity contribution is 5.68. The molecule has 0 spiro atoms. The zero-order valence-electron chi connectivity index (χ0n) is 13.2. The van der Waals surface area contributed by atoms with E-state index in [0.717, 1.165) is 37.8 Å². The van der Waals surface area contributed by atoms with Gasteiger partial charge in [-0.05, 0) is 58.3 Å². The number of amides is 1. The number of piperidine rings is 1. The van der Waals surface area contributed by atoms with E-state index in [0.29, 0.717) is 6.04 Å². The summed E-state index contributed by atoms with van der Waals surface area (Å²) in [6.07, 6.45) is 7.02. The zero-order chi connectivity index (χ0) is 14.8. The van der Waals surface area contributed by atoms with Crippen LogP contribution in [0.1, 0.15) is 59.3 Å². The number of hydrogen-bond acceptors (Lipinski definition) is 3. The van der Waals surface area contributed by atoms with E-state index in [2.05, 4.69) is 0 Å². The number of rotatable bonds is 1. The molecule has 1 aliphatic carbocycles. The minimum Gasteiger partial charge on any atom is -0.444 e. The van der Waals surface area contributed by atoms with Gasteiger partial charge in [0.05, 0.1) is 0 Å². The van der Waals surface area contributed by atoms with Crippen LogP contribution in [0.5, 0.6) is 0 Å². The Kier molecular flexibility index (Phi) is 4.95. The monoisotopic (exact) mass is 282 g/mol. The summed E-state index contributed by atoms with van der Waals surface area (Å²) in [5, 5.41) is 0. The van der Waals surface area contributed by atoms with Crippen molar-refractivity contribution in [3.63, 3.8) is 0 Å². The molecule has 0 aromatic heterocycles. The first-order valence-corrected chi connectivity index (χ1v) is 8.08. The molecule has 0 aromatic carbocycles. The standard InChI is InChI=1S/C16H30N2O2/c1-16(2,3)20-15(19)18-9-7-12(8-10-18)13-5-4-6-14(17)11-13/h12-14H,4-11,17H2,1-3H3/t13-,14-/m1/s1. The van der Waals surface area contributed by atoms with Crippen molar-refractivity contribution in [2.75, 3.05) is 13.1 Å². The minimum absolute atomic E-state index is 0.156. The van der Waals surface area contributed by atoms with Crippen LogP contribution in [0.3, 0.4) is 0 Å². The minimum atomic E-state index is -0.399. The van der Waals surface area contributed by atoms with Crippen LogP contribution in [0.4, 0.5) is 4.79 Å². The molecule has 2 aliphatic rings. The van der Waals surface area contributed by atoms with Crippen LogP contribution >= 0.6 is 0 Å². The molecule has 2 rings (SSSR count). The van der Waals surface area contributed by atoms with Gasteiger partial charge in [0.25, 0.3) is 0 Å². The maximum Gasteiger partial charge on any atom is 0.410 e. The smallest absolute Gasteiger partial charge is 0.410 e. The molecule has 0 aromatic rings. The summed E-state index contributed by atoms with van der Waals surface area (Å²) in [5.41, 5.74) is 5.69. The molecule has 0 radical (unpaired) electrons. The van der Waals surface area contributed by atoms with Crippen LogP contribution in [-0.2, 0) is 4.74 Å². The molecule has 20 heavy (non-hydrogen) atoms. The molecule has 4 heteroatoms. The normalized spacial score (nSPS) is 29.3. The molecule has 1 saturated carbocycles. The van der Waals surface area contributed by atoms with Gasteiger partial charge in [0.15, 0.2) is 0 Å². The lowest BCUT2D eigenvalue weighted by Crippen LogP contribution is -2.43. The van der Waals surface area contributed by atoms with Crippen LogP contribution in [0.25, 0.3) is 0 Å². The van der Waals surface area contributed by atoms with Crippen molar-refractivity contribution >= 4 is 6.09 Å². The fourth-order valence-corrected chi connectivity index (χ4v) is 3.57. The van der Waals surface area contributed by atoms with Crippen molar-refractivity contribution in [3.8, 4) is 0 Å². The van der Waals surface area contributed by atoms with E-state index in [-0.39, 0.29) is 6.09 Å². The van der Waals surface area contributed by atoms with Gasteiger partial charge >= 0.3 is 6.09 Å². The first kappa shape index (κ1) is 15.6. The second-order valence-electron chi connectivity index (χ2n) is 7.49. The van der Waals surface area contributed by atoms with Gasteiger partial charge in [-0.2, -0.15) is 0 Å². The van der Waals surface area contributed by atoms with Crippen LogP contribution in [-0.4, -0.2) is 35.7 Å². The predicted octanol–water partition coefficient (Wildman–Crippen LogP) is 3.15. The molecule has 0 unspecified atom stereocenters. The van der Waals surface area contributed by atoms with Gasteiger partial charge < -0.3 is 15.4 Å². The van der Waals surface area contributed by atoms with Gasteiger partial charge in [-0.15, -0.1) is 0 Å². The van der Waals surface area contributed by atoms with E-state index in [1.807, 2.05) is 25.7 Å². The molecule has 0 bridgehead atoms. The number of ether oxygens (including phenoxy) is 1. The van der Waals surface area contributed by atoms with Gasteiger partial charge in [-0.1, -0.05) is 12.8 Å². The van der Waals surface area contributed by atoms with Crippen molar-refractivity contribution in [2.24, 2.45) is 17.6 Å². The number of nitrogens with zero attached hydrogens (tertiary/aromatic N) is 1. The molecule has 2 N–H and O–H groups in total. The highest BCUT2D eigenvalue weighted by atomic mass is 16.6. The van der Waals surface area contributed by atoms with E-state index in [4.69, 9.17) is 10.5 Å². The molecule has 1 aliphatic heterocycles. The molecular formula is C16H30N2O2. The first-order valence-electron chi connectivity index (χ1n) is 8.08. The quantitative estimate of drug-likeness (QED) is 0.803.